The molecule has 0 fully saturated rings. The number of hydrogen-bond donors (Lipinski definition) is 0. The molecule has 2 aromatic carbocycles. The fourth-order valence-corrected chi connectivity index (χ4v) is 3.27. The van der Waals surface area contributed by atoms with Crippen molar-refractivity contribution >= 4 is 0 Å². The minimum Gasteiger partial charge on any atom is -0.488 e. The van der Waals surface area contributed by atoms with E-state index in [4.69, 9.17) is 4.74 Å². The Morgan fingerprint density at radius 3 is 2.59 bits per heavy atom. The predicted octanol–water partition coefficient (Wildman–Crippen LogP) is 5.04. The topological polar surface area (TPSA) is 14.2 Å². The first-order valence-corrected chi connectivity index (χ1v) is 7.79. The molecule has 0 amide bonds. The number of para-hydroxylation sites is 1. The Morgan fingerprint density at radius 2 is 1.82 bits per heavy atom. The summed E-state index contributed by atoms with van der Waals surface area (Å²) in [5.41, 5.74) is 7.60. The molecular weight excluding hydrogens is 270 g/mol. The van der Waals surface area contributed by atoms with Crippen LogP contribution in [0.3, 0.4) is 0 Å². The third-order valence-electron chi connectivity index (χ3n) is 4.36. The maximum absolute atomic E-state index is 5.90. The van der Waals surface area contributed by atoms with Crippen LogP contribution in [-0.2, 0) is 13.2 Å². The van der Waals surface area contributed by atoms with Crippen molar-refractivity contribution in [2.24, 2.45) is 0 Å². The van der Waals surface area contributed by atoms with Crippen LogP contribution in [0.1, 0.15) is 18.1 Å². The first-order valence-electron chi connectivity index (χ1n) is 7.79. The second kappa shape index (κ2) is 5.06. The van der Waals surface area contributed by atoms with Gasteiger partial charge in [0.05, 0.1) is 5.69 Å². The SMILES string of the molecule is CCn1c(-c2ccc(C)cc2)cc2c1-c1ccccc1OC2. The first-order chi connectivity index (χ1) is 10.8. The molecule has 2 heteroatoms. The molecule has 0 atom stereocenters. The normalized spacial score (nSPS) is 12.5. The largest absolute Gasteiger partial charge is 0.488 e. The van der Waals surface area contributed by atoms with Crippen molar-refractivity contribution in [3.8, 4) is 28.3 Å². The van der Waals surface area contributed by atoms with Crippen LogP contribution < -0.4 is 4.74 Å². The molecule has 0 saturated heterocycles. The lowest BCUT2D eigenvalue weighted by atomic mass is 10.0. The molecule has 1 aliphatic heterocycles. The summed E-state index contributed by atoms with van der Waals surface area (Å²) in [6.45, 7) is 5.93. The van der Waals surface area contributed by atoms with Crippen LogP contribution in [-0.4, -0.2) is 4.57 Å². The molecule has 2 nitrogen and oxygen atoms in total. The van der Waals surface area contributed by atoms with Gasteiger partial charge in [-0.05, 0) is 37.6 Å². The first kappa shape index (κ1) is 13.2. The summed E-state index contributed by atoms with van der Waals surface area (Å²) in [6, 6.07) is 19.3. The quantitative estimate of drug-likeness (QED) is 0.644. The summed E-state index contributed by atoms with van der Waals surface area (Å²) in [7, 11) is 0. The zero-order valence-corrected chi connectivity index (χ0v) is 13.0. The number of aromatic nitrogens is 1. The van der Waals surface area contributed by atoms with E-state index in [-0.39, 0.29) is 0 Å². The average molecular weight is 289 g/mol. The van der Waals surface area contributed by atoms with Crippen LogP contribution in [0.4, 0.5) is 0 Å². The van der Waals surface area contributed by atoms with Crippen LogP contribution in [0, 0.1) is 6.92 Å². The molecule has 4 rings (SSSR count). The Balaban J connectivity index is 1.94. The number of ether oxygens (including phenoxy) is 1. The molecule has 1 aromatic heterocycles. The highest BCUT2D eigenvalue weighted by Gasteiger charge is 2.23. The molecule has 0 N–H and O–H groups in total. The lowest BCUT2D eigenvalue weighted by molar-refractivity contribution is 0.301. The standard InChI is InChI=1S/C20H19NO/c1-3-21-18(15-10-8-14(2)9-11-15)12-16-13-22-19-7-5-4-6-17(19)20(16)21/h4-12H,3,13H2,1-2H3. The smallest absolute Gasteiger partial charge is 0.129 e. The van der Waals surface area contributed by atoms with Gasteiger partial charge in [-0.3, -0.25) is 0 Å². The lowest BCUT2D eigenvalue weighted by Crippen LogP contribution is -2.07. The fourth-order valence-electron chi connectivity index (χ4n) is 3.27. The van der Waals surface area contributed by atoms with Crippen molar-refractivity contribution in [2.75, 3.05) is 0 Å². The molecule has 0 spiro atoms. The van der Waals surface area contributed by atoms with Gasteiger partial charge in [-0.2, -0.15) is 0 Å². The third-order valence-corrected chi connectivity index (χ3v) is 4.36. The number of rotatable bonds is 2. The molecular formula is C20H19NO. The highest BCUT2D eigenvalue weighted by Crippen LogP contribution is 2.41. The molecule has 0 aliphatic carbocycles. The van der Waals surface area contributed by atoms with Gasteiger partial charge in [0, 0.05) is 23.4 Å². The van der Waals surface area contributed by atoms with Crippen molar-refractivity contribution in [1.29, 1.82) is 0 Å². The average Bonchev–Trinajstić information content (AvgIpc) is 2.94. The maximum Gasteiger partial charge on any atom is 0.129 e. The Morgan fingerprint density at radius 1 is 1.05 bits per heavy atom. The highest BCUT2D eigenvalue weighted by atomic mass is 16.5. The molecule has 110 valence electrons. The van der Waals surface area contributed by atoms with Gasteiger partial charge in [0.2, 0.25) is 0 Å². The number of hydrogen-bond acceptors (Lipinski definition) is 1. The van der Waals surface area contributed by atoms with Crippen LogP contribution in [0.15, 0.2) is 54.6 Å². The van der Waals surface area contributed by atoms with Gasteiger partial charge in [-0.25, -0.2) is 0 Å². The van der Waals surface area contributed by atoms with Crippen molar-refractivity contribution in [1.82, 2.24) is 4.57 Å². The molecule has 0 saturated carbocycles. The van der Waals surface area contributed by atoms with Gasteiger partial charge < -0.3 is 9.30 Å². The molecule has 22 heavy (non-hydrogen) atoms. The van der Waals surface area contributed by atoms with E-state index in [9.17, 15) is 0 Å². The molecule has 2 heterocycles. The Labute approximate surface area is 131 Å². The third kappa shape index (κ3) is 1.95. The minimum atomic E-state index is 0.651. The Kier molecular flexibility index (Phi) is 3.04. The van der Waals surface area contributed by atoms with E-state index in [0.717, 1.165) is 12.3 Å². The number of nitrogens with zero attached hydrogens (tertiary/aromatic N) is 1. The van der Waals surface area contributed by atoms with Crippen LogP contribution in [0.2, 0.25) is 0 Å². The van der Waals surface area contributed by atoms with Gasteiger partial charge >= 0.3 is 0 Å². The van der Waals surface area contributed by atoms with Crippen molar-refractivity contribution < 1.29 is 4.74 Å². The molecule has 0 unspecified atom stereocenters. The van der Waals surface area contributed by atoms with Crippen LogP contribution in [0.5, 0.6) is 5.75 Å². The van der Waals surface area contributed by atoms with Crippen LogP contribution in [0.25, 0.3) is 22.5 Å². The molecule has 0 radical (unpaired) electrons. The number of benzene rings is 2. The molecule has 1 aliphatic rings. The second-order valence-electron chi connectivity index (χ2n) is 5.80. The number of fused-ring (bicyclic) bond motifs is 3. The van der Waals surface area contributed by atoms with Crippen LogP contribution >= 0.6 is 0 Å². The minimum absolute atomic E-state index is 0.651. The van der Waals surface area contributed by atoms with Gasteiger partial charge in [-0.15, -0.1) is 0 Å². The zero-order chi connectivity index (χ0) is 15.1. The molecule has 0 bridgehead atoms. The summed E-state index contributed by atoms with van der Waals surface area (Å²) < 4.78 is 8.31. The summed E-state index contributed by atoms with van der Waals surface area (Å²) in [5.74, 6) is 0.984. The van der Waals surface area contributed by atoms with E-state index in [1.54, 1.807) is 0 Å². The van der Waals surface area contributed by atoms with Crippen molar-refractivity contribution in [2.45, 2.75) is 27.0 Å². The van der Waals surface area contributed by atoms with E-state index >= 15 is 0 Å². The van der Waals surface area contributed by atoms with E-state index in [0.29, 0.717) is 6.61 Å². The van der Waals surface area contributed by atoms with Gasteiger partial charge in [0.15, 0.2) is 0 Å². The Bertz CT molecular complexity index is 827. The fraction of sp³-hybridized carbons (Fsp3) is 0.200. The highest BCUT2D eigenvalue weighted by molar-refractivity contribution is 5.78. The summed E-state index contributed by atoms with van der Waals surface area (Å²) in [5, 5.41) is 0. The summed E-state index contributed by atoms with van der Waals surface area (Å²) >= 11 is 0. The van der Waals surface area contributed by atoms with Crippen molar-refractivity contribution in [3.63, 3.8) is 0 Å². The molecule has 3 aromatic rings. The van der Waals surface area contributed by atoms with E-state index in [2.05, 4.69) is 66.9 Å². The summed E-state index contributed by atoms with van der Waals surface area (Å²) in [6.07, 6.45) is 0. The monoisotopic (exact) mass is 289 g/mol. The lowest BCUT2D eigenvalue weighted by Gasteiger charge is -2.20. The maximum atomic E-state index is 5.90. The number of aryl methyl sites for hydroxylation is 1. The predicted molar refractivity (Wildman–Crippen MR) is 90.0 cm³/mol. The van der Waals surface area contributed by atoms with Crippen molar-refractivity contribution in [3.05, 3.63) is 65.7 Å². The van der Waals surface area contributed by atoms with E-state index in [1.807, 2.05) is 6.07 Å². The van der Waals surface area contributed by atoms with E-state index in [1.165, 1.54) is 33.6 Å². The van der Waals surface area contributed by atoms with Gasteiger partial charge in [0.25, 0.3) is 0 Å². The van der Waals surface area contributed by atoms with Gasteiger partial charge in [-0.1, -0.05) is 42.0 Å². The summed E-state index contributed by atoms with van der Waals surface area (Å²) in [4.78, 5) is 0. The van der Waals surface area contributed by atoms with E-state index < -0.39 is 0 Å². The Hall–Kier alpha value is -2.48. The second-order valence-corrected chi connectivity index (χ2v) is 5.80. The van der Waals surface area contributed by atoms with Gasteiger partial charge in [0.1, 0.15) is 12.4 Å². The zero-order valence-electron chi connectivity index (χ0n) is 13.0.